The Morgan fingerprint density at radius 2 is 1.95 bits per heavy atom. The van der Waals surface area contributed by atoms with Crippen molar-refractivity contribution in [3.05, 3.63) is 65.0 Å². The van der Waals surface area contributed by atoms with Gasteiger partial charge in [-0.25, -0.2) is 4.98 Å². The lowest BCUT2D eigenvalue weighted by Gasteiger charge is -2.06. The molecule has 0 radical (unpaired) electrons. The third-order valence-corrected chi connectivity index (χ3v) is 2.67. The highest BCUT2D eigenvalue weighted by molar-refractivity contribution is 5.75. The number of hydrogen-bond donors (Lipinski definition) is 0. The third-order valence-electron chi connectivity index (χ3n) is 2.67. The number of non-ortho nitro benzene ring substituents is 1. The first-order valence-electron chi connectivity index (χ1n) is 5.59. The maximum absolute atomic E-state index is 10.6. The molecule has 0 saturated heterocycles. The Morgan fingerprint density at radius 3 is 2.68 bits per heavy atom. The molecule has 3 aromatic rings. The summed E-state index contributed by atoms with van der Waals surface area (Å²) in [5.74, 6) is 0.508. The van der Waals surface area contributed by atoms with E-state index in [9.17, 15) is 10.1 Å². The van der Waals surface area contributed by atoms with Crippen molar-refractivity contribution in [1.82, 2.24) is 9.71 Å². The lowest BCUT2D eigenvalue weighted by atomic mass is 10.3. The molecular weight excluding hydrogens is 246 g/mol. The van der Waals surface area contributed by atoms with Gasteiger partial charge in [-0.2, -0.15) is 4.73 Å². The zero-order valence-corrected chi connectivity index (χ0v) is 9.76. The van der Waals surface area contributed by atoms with E-state index < -0.39 is 4.92 Å². The van der Waals surface area contributed by atoms with E-state index in [1.807, 2.05) is 18.2 Å². The molecular formula is C13H9N3O3. The number of hydrogen-bond acceptors (Lipinski definition) is 4. The number of aromatic nitrogens is 2. The minimum atomic E-state index is -0.448. The van der Waals surface area contributed by atoms with Gasteiger partial charge in [-0.05, 0) is 30.3 Å². The first kappa shape index (κ1) is 11.2. The fourth-order valence-electron chi connectivity index (χ4n) is 1.76. The predicted molar refractivity (Wildman–Crippen MR) is 68.9 cm³/mol. The normalized spacial score (nSPS) is 10.5. The second-order valence-corrected chi connectivity index (χ2v) is 3.90. The molecule has 0 amide bonds. The van der Waals surface area contributed by atoms with Gasteiger partial charge in [0.25, 0.3) is 5.69 Å². The van der Waals surface area contributed by atoms with Crippen LogP contribution in [-0.4, -0.2) is 14.6 Å². The van der Waals surface area contributed by atoms with Crippen LogP contribution in [0.4, 0.5) is 5.69 Å². The van der Waals surface area contributed by atoms with Crippen LogP contribution in [0.3, 0.4) is 0 Å². The highest BCUT2D eigenvalue weighted by Gasteiger charge is 2.06. The number of fused-ring (bicyclic) bond motifs is 1. The molecule has 19 heavy (non-hydrogen) atoms. The van der Waals surface area contributed by atoms with E-state index in [4.69, 9.17) is 4.84 Å². The van der Waals surface area contributed by atoms with E-state index in [1.165, 1.54) is 16.9 Å². The molecule has 6 heteroatoms. The second-order valence-electron chi connectivity index (χ2n) is 3.90. The van der Waals surface area contributed by atoms with Gasteiger partial charge in [0.1, 0.15) is 0 Å². The van der Waals surface area contributed by atoms with Gasteiger partial charge >= 0.3 is 0 Å². The Hall–Kier alpha value is -2.89. The average Bonchev–Trinajstić information content (AvgIpc) is 2.83. The van der Waals surface area contributed by atoms with Gasteiger partial charge in [-0.1, -0.05) is 0 Å². The van der Waals surface area contributed by atoms with Crippen LogP contribution in [0.2, 0.25) is 0 Å². The highest BCUT2D eigenvalue weighted by atomic mass is 16.7. The summed E-state index contributed by atoms with van der Waals surface area (Å²) in [4.78, 5) is 19.9. The van der Waals surface area contributed by atoms with Gasteiger partial charge in [0.05, 0.1) is 4.92 Å². The minimum Gasteiger partial charge on any atom is -0.374 e. The second kappa shape index (κ2) is 4.41. The highest BCUT2D eigenvalue weighted by Crippen LogP contribution is 2.19. The topological polar surface area (TPSA) is 70.2 Å². The summed E-state index contributed by atoms with van der Waals surface area (Å²) < 4.78 is 1.52. The SMILES string of the molecule is O=[N+]([O-])c1ccc(On2ccc3cccnc32)cc1. The van der Waals surface area contributed by atoms with Crippen molar-refractivity contribution >= 4 is 16.7 Å². The van der Waals surface area contributed by atoms with E-state index in [0.29, 0.717) is 11.4 Å². The van der Waals surface area contributed by atoms with Crippen LogP contribution in [-0.2, 0) is 0 Å². The van der Waals surface area contributed by atoms with Crippen LogP contribution in [0.25, 0.3) is 11.0 Å². The van der Waals surface area contributed by atoms with E-state index in [-0.39, 0.29) is 5.69 Å². The molecule has 0 spiro atoms. The molecule has 2 heterocycles. The number of nitrogens with zero attached hydrogens (tertiary/aromatic N) is 3. The molecule has 0 unspecified atom stereocenters. The Kier molecular flexibility index (Phi) is 2.60. The standard InChI is InChI=1S/C13H9N3O3/c17-16(18)11-3-5-12(6-4-11)19-15-9-7-10-2-1-8-14-13(10)15/h1-9H. The molecule has 0 fully saturated rings. The van der Waals surface area contributed by atoms with E-state index >= 15 is 0 Å². The quantitative estimate of drug-likeness (QED) is 0.533. The summed E-state index contributed by atoms with van der Waals surface area (Å²) >= 11 is 0. The van der Waals surface area contributed by atoms with Crippen LogP contribution >= 0.6 is 0 Å². The number of pyridine rings is 1. The summed E-state index contributed by atoms with van der Waals surface area (Å²) in [5, 5.41) is 11.5. The maximum Gasteiger partial charge on any atom is 0.269 e. The molecule has 0 saturated carbocycles. The minimum absolute atomic E-state index is 0.0304. The molecule has 6 nitrogen and oxygen atoms in total. The smallest absolute Gasteiger partial charge is 0.269 e. The molecule has 0 aliphatic rings. The molecule has 0 aliphatic heterocycles. The molecule has 3 rings (SSSR count). The lowest BCUT2D eigenvalue weighted by Crippen LogP contribution is -2.04. The molecule has 2 aromatic heterocycles. The van der Waals surface area contributed by atoms with Gasteiger partial charge in [0.15, 0.2) is 11.4 Å². The average molecular weight is 255 g/mol. The van der Waals surface area contributed by atoms with Crippen LogP contribution in [0.5, 0.6) is 5.75 Å². The van der Waals surface area contributed by atoms with E-state index in [1.54, 1.807) is 24.5 Å². The summed E-state index contributed by atoms with van der Waals surface area (Å²) in [6.45, 7) is 0. The monoisotopic (exact) mass is 255 g/mol. The number of nitro benzene ring substituents is 1. The van der Waals surface area contributed by atoms with Gasteiger partial charge in [-0.15, -0.1) is 0 Å². The summed E-state index contributed by atoms with van der Waals surface area (Å²) in [5.41, 5.74) is 0.726. The Labute approximate surface area is 108 Å². The largest absolute Gasteiger partial charge is 0.374 e. The zero-order valence-electron chi connectivity index (χ0n) is 9.76. The van der Waals surface area contributed by atoms with E-state index in [0.717, 1.165) is 5.39 Å². The number of nitro groups is 1. The fourth-order valence-corrected chi connectivity index (χ4v) is 1.76. The van der Waals surface area contributed by atoms with Gasteiger partial charge in [0, 0.05) is 29.9 Å². The summed E-state index contributed by atoms with van der Waals surface area (Å²) in [6.07, 6.45) is 3.43. The molecule has 1 aromatic carbocycles. The molecule has 0 atom stereocenters. The van der Waals surface area contributed by atoms with Crippen LogP contribution < -0.4 is 4.84 Å². The van der Waals surface area contributed by atoms with E-state index in [2.05, 4.69) is 4.98 Å². The number of benzene rings is 1. The van der Waals surface area contributed by atoms with Crippen molar-refractivity contribution in [2.45, 2.75) is 0 Å². The summed E-state index contributed by atoms with van der Waals surface area (Å²) in [7, 11) is 0. The lowest BCUT2D eigenvalue weighted by molar-refractivity contribution is -0.384. The Balaban J connectivity index is 1.90. The zero-order chi connectivity index (χ0) is 13.2. The Morgan fingerprint density at radius 1 is 1.16 bits per heavy atom. The van der Waals surface area contributed by atoms with Gasteiger partial charge < -0.3 is 4.84 Å². The molecule has 0 aliphatic carbocycles. The van der Waals surface area contributed by atoms with Crippen molar-refractivity contribution in [3.63, 3.8) is 0 Å². The molecule has 0 bridgehead atoms. The molecule has 0 N–H and O–H groups in total. The van der Waals surface area contributed by atoms with Gasteiger partial charge in [0.2, 0.25) is 0 Å². The van der Waals surface area contributed by atoms with Crippen LogP contribution in [0, 0.1) is 10.1 Å². The fraction of sp³-hybridized carbons (Fsp3) is 0. The van der Waals surface area contributed by atoms with Crippen molar-refractivity contribution in [2.24, 2.45) is 0 Å². The van der Waals surface area contributed by atoms with Crippen molar-refractivity contribution in [3.8, 4) is 5.75 Å². The third kappa shape index (κ3) is 2.11. The van der Waals surface area contributed by atoms with Crippen LogP contribution in [0.1, 0.15) is 0 Å². The van der Waals surface area contributed by atoms with Crippen molar-refractivity contribution in [2.75, 3.05) is 0 Å². The first-order chi connectivity index (χ1) is 9.24. The van der Waals surface area contributed by atoms with Gasteiger partial charge in [-0.3, -0.25) is 10.1 Å². The van der Waals surface area contributed by atoms with Crippen LogP contribution in [0.15, 0.2) is 54.9 Å². The Bertz CT molecular complexity index is 734. The maximum atomic E-state index is 10.6. The first-order valence-corrected chi connectivity index (χ1v) is 5.59. The van der Waals surface area contributed by atoms with Crippen molar-refractivity contribution < 1.29 is 9.76 Å². The summed E-state index contributed by atoms with van der Waals surface area (Å²) in [6, 6.07) is 11.5. The molecule has 94 valence electrons. The number of rotatable bonds is 3. The predicted octanol–water partition coefficient (Wildman–Crippen LogP) is 2.79. The van der Waals surface area contributed by atoms with Crippen molar-refractivity contribution in [1.29, 1.82) is 0 Å².